The Morgan fingerprint density at radius 1 is 1.22 bits per heavy atom. The summed E-state index contributed by atoms with van der Waals surface area (Å²) in [5.41, 5.74) is 0. The zero-order chi connectivity index (χ0) is 19.5. The molecule has 158 valence electrons. The van der Waals surface area contributed by atoms with Crippen LogP contribution < -0.4 is 10.6 Å². The van der Waals surface area contributed by atoms with Gasteiger partial charge in [-0.2, -0.15) is 0 Å². The van der Waals surface area contributed by atoms with Gasteiger partial charge in [-0.1, -0.05) is 13.3 Å². The monoisotopic (exact) mass is 400 g/mol. The van der Waals surface area contributed by atoms with Crippen LogP contribution in [0.3, 0.4) is 0 Å². The number of nitrogens with zero attached hydrogens (tertiary/aromatic N) is 2. The third-order valence-electron chi connectivity index (χ3n) is 5.79. The van der Waals surface area contributed by atoms with E-state index in [1.807, 2.05) is 6.92 Å². The number of aliphatic imine (C=N–C) groups is 1. The molecule has 6 nitrogen and oxygen atoms in total. The Kier molecular flexibility index (Phi) is 10.7. The SMILES string of the molecule is CCNC(=NCC1CCN(CCOC)CC1)NC1CCCC(S(=O)CC)C1. The molecule has 3 atom stereocenters. The molecule has 2 rings (SSSR count). The van der Waals surface area contributed by atoms with E-state index in [0.29, 0.717) is 17.2 Å². The molecule has 0 spiro atoms. The Hall–Kier alpha value is -0.660. The van der Waals surface area contributed by atoms with E-state index in [1.54, 1.807) is 7.11 Å². The summed E-state index contributed by atoms with van der Waals surface area (Å²) in [6.45, 7) is 10.1. The quantitative estimate of drug-likeness (QED) is 0.458. The summed E-state index contributed by atoms with van der Waals surface area (Å²) in [5, 5.41) is 7.37. The van der Waals surface area contributed by atoms with E-state index < -0.39 is 10.8 Å². The zero-order valence-electron chi connectivity index (χ0n) is 17.5. The van der Waals surface area contributed by atoms with Gasteiger partial charge in [-0.25, -0.2) is 0 Å². The molecule has 7 heteroatoms. The first-order valence-electron chi connectivity index (χ1n) is 10.8. The van der Waals surface area contributed by atoms with Crippen molar-refractivity contribution >= 4 is 16.8 Å². The highest BCUT2D eigenvalue weighted by atomic mass is 32.2. The third-order valence-corrected chi connectivity index (χ3v) is 7.53. The molecule has 2 aliphatic rings. The second-order valence-electron chi connectivity index (χ2n) is 7.80. The van der Waals surface area contributed by atoms with Crippen LogP contribution in [0.5, 0.6) is 0 Å². The molecule has 2 fully saturated rings. The van der Waals surface area contributed by atoms with Gasteiger partial charge in [0.25, 0.3) is 0 Å². The molecule has 1 heterocycles. The molecule has 0 aromatic carbocycles. The lowest BCUT2D eigenvalue weighted by Gasteiger charge is -2.32. The minimum atomic E-state index is -0.680. The van der Waals surface area contributed by atoms with Crippen LogP contribution >= 0.6 is 0 Å². The zero-order valence-corrected chi connectivity index (χ0v) is 18.4. The molecule has 3 unspecified atom stereocenters. The largest absolute Gasteiger partial charge is 0.383 e. The van der Waals surface area contributed by atoms with Crippen molar-refractivity contribution < 1.29 is 8.95 Å². The van der Waals surface area contributed by atoms with Gasteiger partial charge >= 0.3 is 0 Å². The lowest BCUT2D eigenvalue weighted by atomic mass is 9.95. The van der Waals surface area contributed by atoms with Gasteiger partial charge in [-0.15, -0.1) is 0 Å². The van der Waals surface area contributed by atoms with Crippen LogP contribution in [-0.2, 0) is 15.5 Å². The Bertz CT molecular complexity index is 467. The second kappa shape index (κ2) is 12.7. The highest BCUT2D eigenvalue weighted by molar-refractivity contribution is 7.85. The molecule has 2 N–H and O–H groups in total. The van der Waals surface area contributed by atoms with Gasteiger partial charge in [0.05, 0.1) is 6.61 Å². The van der Waals surface area contributed by atoms with Crippen molar-refractivity contribution in [3.63, 3.8) is 0 Å². The van der Waals surface area contributed by atoms with Crippen LogP contribution in [0.4, 0.5) is 0 Å². The van der Waals surface area contributed by atoms with Crippen molar-refractivity contribution in [2.75, 3.05) is 52.2 Å². The number of likely N-dealkylation sites (tertiary alicyclic amines) is 1. The van der Waals surface area contributed by atoms with Crippen LogP contribution in [0.15, 0.2) is 4.99 Å². The summed E-state index contributed by atoms with van der Waals surface area (Å²) in [5.74, 6) is 2.38. The van der Waals surface area contributed by atoms with E-state index in [4.69, 9.17) is 9.73 Å². The molecular formula is C20H40N4O2S. The summed E-state index contributed by atoms with van der Waals surface area (Å²) in [6, 6.07) is 0.396. The number of ether oxygens (including phenoxy) is 1. The summed E-state index contributed by atoms with van der Waals surface area (Å²) >= 11 is 0. The van der Waals surface area contributed by atoms with Crippen LogP contribution in [0.25, 0.3) is 0 Å². The van der Waals surface area contributed by atoms with E-state index in [9.17, 15) is 4.21 Å². The standard InChI is InChI=1S/C20H40N4O2S/c1-4-21-20(23-18-7-6-8-19(15-18)27(25)5-2)22-16-17-9-11-24(12-10-17)13-14-26-3/h17-19H,4-16H2,1-3H3,(H2,21,22,23). The maximum atomic E-state index is 12.2. The maximum Gasteiger partial charge on any atom is 0.191 e. The molecule has 1 saturated heterocycles. The predicted molar refractivity (Wildman–Crippen MR) is 115 cm³/mol. The number of hydrogen-bond donors (Lipinski definition) is 2. The van der Waals surface area contributed by atoms with Crippen molar-refractivity contribution in [3.05, 3.63) is 0 Å². The molecule has 0 aromatic rings. The first-order chi connectivity index (χ1) is 13.2. The molecule has 0 bridgehead atoms. The van der Waals surface area contributed by atoms with Gasteiger partial charge in [0.2, 0.25) is 0 Å². The minimum Gasteiger partial charge on any atom is -0.383 e. The highest BCUT2D eigenvalue weighted by Gasteiger charge is 2.26. The molecule has 1 aliphatic heterocycles. The van der Waals surface area contributed by atoms with E-state index >= 15 is 0 Å². The van der Waals surface area contributed by atoms with Crippen molar-refractivity contribution in [3.8, 4) is 0 Å². The fourth-order valence-corrected chi connectivity index (χ4v) is 5.45. The van der Waals surface area contributed by atoms with Crippen LogP contribution in [-0.4, -0.2) is 78.6 Å². The van der Waals surface area contributed by atoms with Crippen LogP contribution in [0.1, 0.15) is 52.4 Å². The lowest BCUT2D eigenvalue weighted by molar-refractivity contribution is 0.121. The molecular weight excluding hydrogens is 360 g/mol. The van der Waals surface area contributed by atoms with E-state index in [-0.39, 0.29) is 0 Å². The van der Waals surface area contributed by atoms with Gasteiger partial charge in [0, 0.05) is 54.6 Å². The molecule has 1 saturated carbocycles. The van der Waals surface area contributed by atoms with Crippen LogP contribution in [0, 0.1) is 5.92 Å². The van der Waals surface area contributed by atoms with Gasteiger partial charge in [0.15, 0.2) is 5.96 Å². The molecule has 27 heavy (non-hydrogen) atoms. The Morgan fingerprint density at radius 3 is 2.67 bits per heavy atom. The van der Waals surface area contributed by atoms with Crippen molar-refractivity contribution in [1.29, 1.82) is 0 Å². The van der Waals surface area contributed by atoms with Crippen molar-refractivity contribution in [2.45, 2.75) is 63.7 Å². The minimum absolute atomic E-state index is 0.348. The van der Waals surface area contributed by atoms with Gasteiger partial charge in [-0.05, 0) is 58.0 Å². The van der Waals surface area contributed by atoms with Crippen molar-refractivity contribution in [2.24, 2.45) is 10.9 Å². The van der Waals surface area contributed by atoms with E-state index in [0.717, 1.165) is 76.7 Å². The number of piperidine rings is 1. The maximum absolute atomic E-state index is 12.2. The van der Waals surface area contributed by atoms with Gasteiger partial charge < -0.3 is 20.3 Å². The Morgan fingerprint density at radius 2 is 2.00 bits per heavy atom. The van der Waals surface area contributed by atoms with Crippen LogP contribution in [0.2, 0.25) is 0 Å². The summed E-state index contributed by atoms with van der Waals surface area (Å²) in [6.07, 6.45) is 6.85. The Labute approximate surface area is 168 Å². The third kappa shape index (κ3) is 8.08. The average molecular weight is 401 g/mol. The molecule has 1 aliphatic carbocycles. The number of hydrogen-bond acceptors (Lipinski definition) is 4. The van der Waals surface area contributed by atoms with E-state index in [2.05, 4.69) is 22.5 Å². The topological polar surface area (TPSA) is 66.0 Å². The highest BCUT2D eigenvalue weighted by Crippen LogP contribution is 2.23. The molecule has 0 aromatic heterocycles. The summed E-state index contributed by atoms with van der Waals surface area (Å²) in [4.78, 5) is 7.37. The lowest BCUT2D eigenvalue weighted by Crippen LogP contribution is -2.47. The fraction of sp³-hybridized carbons (Fsp3) is 0.950. The summed E-state index contributed by atoms with van der Waals surface area (Å²) < 4.78 is 17.4. The first-order valence-corrected chi connectivity index (χ1v) is 12.2. The first kappa shape index (κ1) is 22.6. The number of guanidine groups is 1. The van der Waals surface area contributed by atoms with E-state index in [1.165, 1.54) is 12.8 Å². The fourth-order valence-electron chi connectivity index (χ4n) is 4.10. The van der Waals surface area contributed by atoms with Gasteiger partial charge in [-0.3, -0.25) is 9.20 Å². The van der Waals surface area contributed by atoms with Gasteiger partial charge in [0.1, 0.15) is 0 Å². The number of nitrogens with one attached hydrogen (secondary N) is 2. The predicted octanol–water partition coefficient (Wildman–Crippen LogP) is 1.98. The van der Waals surface area contributed by atoms with Crippen molar-refractivity contribution in [1.82, 2.24) is 15.5 Å². The summed E-state index contributed by atoms with van der Waals surface area (Å²) in [7, 11) is 1.09. The molecule has 0 radical (unpaired) electrons. The number of methoxy groups -OCH3 is 1. The second-order valence-corrected chi connectivity index (χ2v) is 9.80. The number of rotatable bonds is 9. The smallest absolute Gasteiger partial charge is 0.191 e. The molecule has 0 amide bonds. The Balaban J connectivity index is 1.79. The normalized spacial score (nSPS) is 26.7. The average Bonchev–Trinajstić information content (AvgIpc) is 2.71.